The zero-order valence-electron chi connectivity index (χ0n) is 20.2. The molecule has 3 unspecified atom stereocenters. The van der Waals surface area contributed by atoms with Crippen LogP contribution in [0, 0.1) is 40.4 Å². The Morgan fingerprint density at radius 1 is 1.13 bits per heavy atom. The summed E-state index contributed by atoms with van der Waals surface area (Å²) in [6, 6.07) is 0. The Balaban J connectivity index is 1.48. The van der Waals surface area contributed by atoms with E-state index in [1.807, 2.05) is 0 Å². The van der Waals surface area contributed by atoms with E-state index >= 15 is 0 Å². The molecule has 0 spiro atoms. The van der Waals surface area contributed by atoms with E-state index in [1.54, 1.807) is 5.57 Å². The normalized spacial score (nSPS) is 42.5. The van der Waals surface area contributed by atoms with Crippen LogP contribution in [-0.2, 0) is 19.1 Å². The van der Waals surface area contributed by atoms with Crippen LogP contribution in [-0.4, -0.2) is 25.2 Å². The largest absolute Gasteiger partial charge is 0.469 e. The van der Waals surface area contributed by atoms with E-state index < -0.39 is 0 Å². The number of hydrogen-bond donors (Lipinski definition) is 0. The third-order valence-corrected chi connectivity index (χ3v) is 10.2. The van der Waals surface area contributed by atoms with E-state index in [2.05, 4.69) is 26.8 Å². The number of methoxy groups -OCH3 is 1. The van der Waals surface area contributed by atoms with Gasteiger partial charge in [-0.05, 0) is 91.8 Å². The fourth-order valence-corrected chi connectivity index (χ4v) is 8.59. The van der Waals surface area contributed by atoms with Crippen LogP contribution in [0.15, 0.2) is 11.6 Å². The monoisotopic (exact) mass is 430 g/mol. The number of allylic oxidation sites excluding steroid dienone is 1. The van der Waals surface area contributed by atoms with Gasteiger partial charge >= 0.3 is 11.9 Å². The van der Waals surface area contributed by atoms with E-state index in [-0.39, 0.29) is 23.5 Å². The maximum Gasteiger partial charge on any atom is 0.305 e. The Kier molecular flexibility index (Phi) is 6.31. The van der Waals surface area contributed by atoms with E-state index in [9.17, 15) is 9.59 Å². The van der Waals surface area contributed by atoms with Crippen LogP contribution in [0.1, 0.15) is 91.9 Å². The summed E-state index contributed by atoms with van der Waals surface area (Å²) in [4.78, 5) is 23.1. The lowest BCUT2D eigenvalue weighted by Crippen LogP contribution is -2.51. The quantitative estimate of drug-likeness (QED) is 0.391. The summed E-state index contributed by atoms with van der Waals surface area (Å²) < 4.78 is 10.5. The van der Waals surface area contributed by atoms with Crippen LogP contribution in [0.5, 0.6) is 0 Å². The molecule has 174 valence electrons. The van der Waals surface area contributed by atoms with Gasteiger partial charge in [-0.3, -0.25) is 9.59 Å². The minimum atomic E-state index is -0.144. The topological polar surface area (TPSA) is 52.6 Å². The molecule has 4 heteroatoms. The lowest BCUT2D eigenvalue weighted by Gasteiger charge is -2.58. The summed E-state index contributed by atoms with van der Waals surface area (Å²) in [7, 11) is 1.49. The summed E-state index contributed by atoms with van der Waals surface area (Å²) in [5.41, 5.74) is 2.26. The number of ether oxygens (including phenoxy) is 2. The number of carbonyl (C=O) groups is 2. The first-order valence-corrected chi connectivity index (χ1v) is 12.6. The maximum atomic E-state index is 11.7. The van der Waals surface area contributed by atoms with Gasteiger partial charge in [0.1, 0.15) is 6.10 Å². The molecule has 0 amide bonds. The van der Waals surface area contributed by atoms with Crippen molar-refractivity contribution in [3.63, 3.8) is 0 Å². The van der Waals surface area contributed by atoms with Crippen molar-refractivity contribution in [2.75, 3.05) is 7.11 Å². The molecule has 0 N–H and O–H groups in total. The number of rotatable bonds is 5. The minimum absolute atomic E-state index is 0.0718. The standard InChI is InChI=1S/C27H42O4/c1-17(6-11-25(29)30-5)22-9-10-23-21-8-7-19-16-20(31-18(2)28)12-14-26(19,3)24(21)13-15-27(22,23)4/h7,17,20-24H,6,8-16H2,1-5H3/t17-,20-,21?,22+,23?,24?,26-,27+/m0/s1. The van der Waals surface area contributed by atoms with Gasteiger partial charge in [-0.25, -0.2) is 0 Å². The average molecular weight is 431 g/mol. The minimum Gasteiger partial charge on any atom is -0.469 e. The average Bonchev–Trinajstić information content (AvgIpc) is 3.09. The van der Waals surface area contributed by atoms with Gasteiger partial charge in [0.25, 0.3) is 0 Å². The molecule has 0 saturated heterocycles. The van der Waals surface area contributed by atoms with Crippen molar-refractivity contribution >= 4 is 11.9 Å². The van der Waals surface area contributed by atoms with E-state index in [0.29, 0.717) is 17.8 Å². The highest BCUT2D eigenvalue weighted by molar-refractivity contribution is 5.69. The second kappa shape index (κ2) is 8.56. The molecule has 3 fully saturated rings. The summed E-state index contributed by atoms with van der Waals surface area (Å²) >= 11 is 0. The molecule has 0 heterocycles. The van der Waals surface area contributed by atoms with Gasteiger partial charge in [0.2, 0.25) is 0 Å². The molecule has 8 atom stereocenters. The maximum absolute atomic E-state index is 11.7. The summed E-state index contributed by atoms with van der Waals surface area (Å²) in [5.74, 6) is 3.45. The molecule has 4 rings (SSSR count). The van der Waals surface area contributed by atoms with E-state index in [4.69, 9.17) is 9.47 Å². The molecule has 4 aliphatic carbocycles. The molecule has 0 bridgehead atoms. The van der Waals surface area contributed by atoms with Crippen LogP contribution >= 0.6 is 0 Å². The molecule has 0 aromatic carbocycles. The van der Waals surface area contributed by atoms with Gasteiger partial charge in [0.05, 0.1) is 7.11 Å². The molecule has 4 aliphatic rings. The SMILES string of the molecule is COC(=O)CC[C@H](C)[C@H]1CCC2C3CC=C4C[C@@H](OC(C)=O)CC[C@]4(C)C3CC[C@@]21C. The number of carbonyl (C=O) groups excluding carboxylic acids is 2. The Morgan fingerprint density at radius 2 is 1.90 bits per heavy atom. The van der Waals surface area contributed by atoms with Crippen LogP contribution in [0.25, 0.3) is 0 Å². The molecule has 4 nitrogen and oxygen atoms in total. The predicted molar refractivity (Wildman–Crippen MR) is 121 cm³/mol. The van der Waals surface area contributed by atoms with Gasteiger partial charge in [0.15, 0.2) is 0 Å². The van der Waals surface area contributed by atoms with Crippen LogP contribution in [0.3, 0.4) is 0 Å². The second-order valence-corrected chi connectivity index (χ2v) is 11.6. The van der Waals surface area contributed by atoms with Gasteiger partial charge in [0, 0.05) is 19.8 Å². The van der Waals surface area contributed by atoms with Crippen molar-refractivity contribution in [2.45, 2.75) is 98.0 Å². The van der Waals surface area contributed by atoms with E-state index in [1.165, 1.54) is 46.1 Å². The van der Waals surface area contributed by atoms with Gasteiger partial charge in [-0.2, -0.15) is 0 Å². The van der Waals surface area contributed by atoms with Crippen LogP contribution in [0.4, 0.5) is 0 Å². The molecule has 0 radical (unpaired) electrons. The van der Waals surface area contributed by atoms with Crippen molar-refractivity contribution in [1.29, 1.82) is 0 Å². The Labute approximate surface area is 188 Å². The van der Waals surface area contributed by atoms with Gasteiger partial charge in [-0.15, -0.1) is 0 Å². The Morgan fingerprint density at radius 3 is 2.61 bits per heavy atom. The highest BCUT2D eigenvalue weighted by atomic mass is 16.5. The second-order valence-electron chi connectivity index (χ2n) is 11.6. The molecule has 0 aromatic heterocycles. The number of fused-ring (bicyclic) bond motifs is 5. The highest BCUT2D eigenvalue weighted by Gasteiger charge is 2.59. The van der Waals surface area contributed by atoms with Gasteiger partial charge in [-0.1, -0.05) is 32.4 Å². The van der Waals surface area contributed by atoms with Crippen LogP contribution < -0.4 is 0 Å². The summed E-state index contributed by atoms with van der Waals surface area (Å²) in [6.07, 6.45) is 13.7. The molecular formula is C27H42O4. The molecule has 31 heavy (non-hydrogen) atoms. The molecule has 3 saturated carbocycles. The van der Waals surface area contributed by atoms with E-state index in [0.717, 1.165) is 49.4 Å². The third-order valence-electron chi connectivity index (χ3n) is 10.2. The first-order chi connectivity index (χ1) is 14.7. The first-order valence-electron chi connectivity index (χ1n) is 12.6. The molecule has 0 aliphatic heterocycles. The Bertz CT molecular complexity index is 742. The highest BCUT2D eigenvalue weighted by Crippen LogP contribution is 2.67. The Hall–Kier alpha value is -1.32. The summed E-state index contributed by atoms with van der Waals surface area (Å²) in [5, 5.41) is 0. The fraction of sp³-hybridized carbons (Fsp3) is 0.852. The van der Waals surface area contributed by atoms with Crippen molar-refractivity contribution < 1.29 is 19.1 Å². The van der Waals surface area contributed by atoms with Crippen molar-refractivity contribution in [3.8, 4) is 0 Å². The molecular weight excluding hydrogens is 388 g/mol. The van der Waals surface area contributed by atoms with Gasteiger partial charge < -0.3 is 9.47 Å². The van der Waals surface area contributed by atoms with Crippen molar-refractivity contribution in [2.24, 2.45) is 40.4 Å². The summed E-state index contributed by atoms with van der Waals surface area (Å²) in [6.45, 7) is 8.97. The smallest absolute Gasteiger partial charge is 0.305 e. The van der Waals surface area contributed by atoms with Crippen molar-refractivity contribution in [1.82, 2.24) is 0 Å². The zero-order valence-corrected chi connectivity index (χ0v) is 20.2. The van der Waals surface area contributed by atoms with Crippen LogP contribution in [0.2, 0.25) is 0 Å². The lowest BCUT2D eigenvalue weighted by molar-refractivity contribution is -0.148. The fourth-order valence-electron chi connectivity index (χ4n) is 8.59. The zero-order chi connectivity index (χ0) is 22.4. The molecule has 0 aromatic rings. The number of hydrogen-bond acceptors (Lipinski definition) is 4. The number of esters is 2. The predicted octanol–water partition coefficient (Wildman–Crippen LogP) is 6.09. The third kappa shape index (κ3) is 3.97. The van der Waals surface area contributed by atoms with Crippen molar-refractivity contribution in [3.05, 3.63) is 11.6 Å². The first kappa shape index (κ1) is 22.9. The lowest BCUT2D eigenvalue weighted by atomic mass is 9.47.